The van der Waals surface area contributed by atoms with Crippen LogP contribution in [0, 0.1) is 17.7 Å². The smallest absolute Gasteiger partial charge is 0.418 e. The Morgan fingerprint density at radius 1 is 1.12 bits per heavy atom. The molecule has 9 nitrogen and oxygen atoms in total. The number of alkyl halides is 3. The molecule has 2 rings (SSSR count). The number of anilines is 1. The van der Waals surface area contributed by atoms with Gasteiger partial charge in [-0.05, 0) is 56.4 Å². The van der Waals surface area contributed by atoms with Crippen LogP contribution in [0.15, 0.2) is 35.5 Å². The van der Waals surface area contributed by atoms with Gasteiger partial charge in [0.15, 0.2) is 20.5 Å². The Hall–Kier alpha value is -3.70. The molecule has 14 heteroatoms. The van der Waals surface area contributed by atoms with Gasteiger partial charge in [0.1, 0.15) is 11.4 Å². The van der Waals surface area contributed by atoms with Crippen molar-refractivity contribution in [2.24, 2.45) is 5.73 Å². The number of sulfone groups is 1. The Kier molecular flexibility index (Phi) is 10.1. The summed E-state index contributed by atoms with van der Waals surface area (Å²) >= 11 is 0. The Morgan fingerprint density at radius 2 is 1.74 bits per heavy atom. The van der Waals surface area contributed by atoms with Crippen LogP contribution in [0.25, 0.3) is 0 Å². The van der Waals surface area contributed by atoms with E-state index in [9.17, 15) is 40.7 Å². The first-order valence-electron chi connectivity index (χ1n) is 12.6. The molecule has 4 N–H and O–H groups in total. The lowest BCUT2D eigenvalue weighted by Gasteiger charge is -2.37. The average molecular weight is 616 g/mol. The average Bonchev–Trinajstić information content (AvgIpc) is 2.82. The molecule has 0 bridgehead atoms. The molecule has 1 atom stereocenters. The van der Waals surface area contributed by atoms with Gasteiger partial charge in [-0.3, -0.25) is 10.1 Å². The first-order chi connectivity index (χ1) is 19.0. The van der Waals surface area contributed by atoms with E-state index >= 15 is 0 Å². The van der Waals surface area contributed by atoms with Gasteiger partial charge in [0.25, 0.3) is 0 Å². The third kappa shape index (κ3) is 8.65. The number of aliphatic hydroxyl groups is 1. The fourth-order valence-electron chi connectivity index (χ4n) is 4.06. The normalized spacial score (nSPS) is 13.9. The Bertz CT molecular complexity index is 1520. The van der Waals surface area contributed by atoms with Crippen LogP contribution in [0.3, 0.4) is 0 Å². The van der Waals surface area contributed by atoms with Gasteiger partial charge in [-0.25, -0.2) is 22.6 Å². The number of carbonyl (C=O) groups is 2. The van der Waals surface area contributed by atoms with Crippen LogP contribution in [-0.2, 0) is 20.0 Å². The zero-order valence-corrected chi connectivity index (χ0v) is 24.8. The fourth-order valence-corrected chi connectivity index (χ4v) is 4.86. The molecule has 0 aliphatic heterocycles. The number of pyridine rings is 1. The molecule has 0 aliphatic carbocycles. The fraction of sp³-hybridized carbons (Fsp3) is 0.464. The maximum absolute atomic E-state index is 14.2. The predicted octanol–water partition coefficient (Wildman–Crippen LogP) is 4.86. The van der Waals surface area contributed by atoms with Crippen molar-refractivity contribution in [2.75, 3.05) is 11.1 Å². The minimum atomic E-state index is -5.21. The molecule has 1 heterocycles. The Morgan fingerprint density at radius 3 is 2.26 bits per heavy atom. The van der Waals surface area contributed by atoms with Crippen molar-refractivity contribution in [1.82, 2.24) is 4.98 Å². The molecule has 1 aromatic heterocycles. The number of ether oxygens (including phenoxy) is 1. The van der Waals surface area contributed by atoms with Crippen molar-refractivity contribution >= 4 is 27.5 Å². The Balaban J connectivity index is 2.55. The summed E-state index contributed by atoms with van der Waals surface area (Å²) < 4.78 is 86.3. The highest BCUT2D eigenvalue weighted by atomic mass is 32.2. The summed E-state index contributed by atoms with van der Waals surface area (Å²) in [5, 5.41) is 12.8. The van der Waals surface area contributed by atoms with Crippen LogP contribution in [0.4, 0.5) is 28.0 Å². The molecular formula is C28H33F4N3O6S. The van der Waals surface area contributed by atoms with E-state index in [0.29, 0.717) is 0 Å². The van der Waals surface area contributed by atoms with Crippen LogP contribution >= 0.6 is 0 Å². The van der Waals surface area contributed by atoms with Crippen molar-refractivity contribution in [2.45, 2.75) is 82.2 Å². The number of nitrogens with one attached hydrogen (secondary N) is 1. The standard InChI is InChI=1S/C28H33F4N3O6S/c1-7-42(39,40)22-13-17(21(15-34-22)35-24(37)41-25(2,3)4)9-8-12-27(38,28(30,31)32)16-26(5,6)20-11-10-18(29)14-19(20)23(33)36/h10-11,13-15,38H,7,12,16H2,1-6H3,(H2,33,36)(H,35,37)/t27-/m0/s1. The molecule has 0 radical (unpaired) electrons. The number of carbonyl (C=O) groups excluding carboxylic acids is 2. The summed E-state index contributed by atoms with van der Waals surface area (Å²) in [6.07, 6.45) is -7.36. The van der Waals surface area contributed by atoms with Gasteiger partial charge in [-0.2, -0.15) is 13.2 Å². The molecule has 0 fully saturated rings. The van der Waals surface area contributed by atoms with Gasteiger partial charge in [0, 0.05) is 12.0 Å². The monoisotopic (exact) mass is 615 g/mol. The van der Waals surface area contributed by atoms with Crippen LogP contribution in [0.1, 0.15) is 75.9 Å². The highest BCUT2D eigenvalue weighted by Gasteiger charge is 2.55. The quantitative estimate of drug-likeness (QED) is 0.284. The highest BCUT2D eigenvalue weighted by Crippen LogP contribution is 2.43. The number of primary amides is 1. The second-order valence-electron chi connectivity index (χ2n) is 11.2. The van der Waals surface area contributed by atoms with Crippen molar-refractivity contribution in [1.29, 1.82) is 0 Å². The second kappa shape index (κ2) is 12.3. The van der Waals surface area contributed by atoms with Gasteiger partial charge in [0.05, 0.1) is 23.2 Å². The number of benzene rings is 1. The van der Waals surface area contributed by atoms with Crippen LogP contribution < -0.4 is 11.1 Å². The zero-order valence-electron chi connectivity index (χ0n) is 23.9. The maximum Gasteiger partial charge on any atom is 0.418 e. The van der Waals surface area contributed by atoms with Gasteiger partial charge in [-0.1, -0.05) is 38.7 Å². The van der Waals surface area contributed by atoms with Gasteiger partial charge in [0.2, 0.25) is 5.91 Å². The van der Waals surface area contributed by atoms with Gasteiger partial charge >= 0.3 is 12.3 Å². The molecular weight excluding hydrogens is 582 g/mol. The van der Waals surface area contributed by atoms with E-state index in [-0.39, 0.29) is 28.1 Å². The van der Waals surface area contributed by atoms with Gasteiger partial charge in [-0.15, -0.1) is 0 Å². The van der Waals surface area contributed by atoms with Crippen LogP contribution in [-0.4, -0.2) is 53.6 Å². The van der Waals surface area contributed by atoms with E-state index in [1.807, 2.05) is 0 Å². The molecule has 0 spiro atoms. The topological polar surface area (TPSA) is 149 Å². The summed E-state index contributed by atoms with van der Waals surface area (Å²) in [6, 6.07) is 3.88. The highest BCUT2D eigenvalue weighted by molar-refractivity contribution is 7.91. The number of hydrogen-bond acceptors (Lipinski definition) is 7. The van der Waals surface area contributed by atoms with E-state index in [1.165, 1.54) is 20.8 Å². The van der Waals surface area contributed by atoms with E-state index in [4.69, 9.17) is 10.5 Å². The summed E-state index contributed by atoms with van der Waals surface area (Å²) in [5.41, 5.74) is -1.26. The lowest BCUT2D eigenvalue weighted by atomic mass is 9.72. The number of nitrogens with two attached hydrogens (primary N) is 1. The number of amides is 2. The molecule has 0 saturated carbocycles. The van der Waals surface area contributed by atoms with Crippen LogP contribution in [0.5, 0.6) is 0 Å². The number of rotatable bonds is 8. The zero-order chi connectivity index (χ0) is 32.3. The summed E-state index contributed by atoms with van der Waals surface area (Å²) in [7, 11) is -3.86. The largest absolute Gasteiger partial charge is 0.444 e. The minimum Gasteiger partial charge on any atom is -0.444 e. The molecule has 2 aromatic rings. The SMILES string of the molecule is CCS(=O)(=O)c1cc(C#CC[C@](O)(CC(C)(C)c2ccc(F)cc2C(N)=O)C(F)(F)F)c(NC(=O)OC(C)(C)C)cn1. The number of aromatic nitrogens is 1. The van der Waals surface area contributed by atoms with E-state index in [0.717, 1.165) is 30.5 Å². The summed E-state index contributed by atoms with van der Waals surface area (Å²) in [5.74, 6) is 2.43. The minimum absolute atomic E-state index is 0.0144. The summed E-state index contributed by atoms with van der Waals surface area (Å²) in [4.78, 5) is 28.0. The number of nitrogens with zero attached hydrogens (tertiary/aromatic N) is 1. The molecule has 0 unspecified atom stereocenters. The van der Waals surface area contributed by atoms with Gasteiger partial charge < -0.3 is 15.6 Å². The second-order valence-corrected chi connectivity index (χ2v) is 13.4. The van der Waals surface area contributed by atoms with Crippen molar-refractivity contribution < 1.29 is 45.4 Å². The Labute approximate surface area is 241 Å². The molecule has 230 valence electrons. The first-order valence-corrected chi connectivity index (χ1v) is 14.3. The van der Waals surface area contributed by atoms with Crippen molar-refractivity contribution in [3.8, 4) is 11.8 Å². The first kappa shape index (κ1) is 34.5. The van der Waals surface area contributed by atoms with E-state index in [2.05, 4.69) is 22.1 Å². The van der Waals surface area contributed by atoms with E-state index in [1.54, 1.807) is 20.8 Å². The van der Waals surface area contributed by atoms with Crippen molar-refractivity contribution in [3.05, 3.63) is 53.0 Å². The number of hydrogen-bond donors (Lipinski definition) is 3. The number of halogens is 4. The lowest BCUT2D eigenvalue weighted by molar-refractivity contribution is -0.264. The molecule has 2 amide bonds. The third-order valence-electron chi connectivity index (χ3n) is 6.06. The predicted molar refractivity (Wildman–Crippen MR) is 147 cm³/mol. The molecule has 0 aliphatic rings. The van der Waals surface area contributed by atoms with E-state index < -0.39 is 68.3 Å². The lowest BCUT2D eigenvalue weighted by Crippen LogP contribution is -2.49. The van der Waals surface area contributed by atoms with Crippen molar-refractivity contribution in [3.63, 3.8) is 0 Å². The molecule has 0 saturated heterocycles. The molecule has 42 heavy (non-hydrogen) atoms. The summed E-state index contributed by atoms with van der Waals surface area (Å²) in [6.45, 7) is 8.81. The van der Waals surface area contributed by atoms with Crippen LogP contribution in [0.2, 0.25) is 0 Å². The molecule has 1 aromatic carbocycles. The third-order valence-corrected chi connectivity index (χ3v) is 7.68. The maximum atomic E-state index is 14.2.